The molecule has 0 spiro atoms. The molecule has 1 heterocycles. The molecule has 1 aromatic heterocycles. The minimum absolute atomic E-state index is 0.324. The number of aliphatic hydroxyl groups is 1. The molecule has 1 aliphatic rings. The number of nitrogens with zero attached hydrogens (tertiary/aromatic N) is 1. The topological polar surface area (TPSA) is 42.4 Å². The Labute approximate surface area is 96.5 Å². The molecule has 0 amide bonds. The lowest BCUT2D eigenvalue weighted by atomic mass is 9.90. The number of rotatable bonds is 4. The molecule has 0 aromatic carbocycles. The normalized spacial score (nSPS) is 20.9. The van der Waals surface area contributed by atoms with Crippen molar-refractivity contribution in [1.82, 2.24) is 4.98 Å². The largest absolute Gasteiger partial charge is 0.390 e. The van der Waals surface area contributed by atoms with Crippen LogP contribution < -0.4 is 0 Å². The van der Waals surface area contributed by atoms with Crippen molar-refractivity contribution in [2.45, 2.75) is 43.8 Å². The van der Waals surface area contributed by atoms with Gasteiger partial charge in [-0.05, 0) is 24.5 Å². The first kappa shape index (κ1) is 11.6. The van der Waals surface area contributed by atoms with E-state index in [1.54, 1.807) is 13.3 Å². The maximum absolute atomic E-state index is 10.3. The van der Waals surface area contributed by atoms with Crippen LogP contribution in [0.25, 0.3) is 0 Å². The Balaban J connectivity index is 2.04. The van der Waals surface area contributed by atoms with Gasteiger partial charge in [0.15, 0.2) is 0 Å². The van der Waals surface area contributed by atoms with E-state index in [4.69, 9.17) is 4.74 Å². The second kappa shape index (κ2) is 4.93. The molecule has 0 aliphatic heterocycles. The molecule has 1 unspecified atom stereocenters. The van der Waals surface area contributed by atoms with Crippen molar-refractivity contribution >= 4 is 0 Å². The summed E-state index contributed by atoms with van der Waals surface area (Å²) in [6.45, 7) is 0. The number of aliphatic hydroxyl groups excluding tert-OH is 1. The number of aromatic nitrogens is 1. The lowest BCUT2D eigenvalue weighted by Gasteiger charge is -2.32. The summed E-state index contributed by atoms with van der Waals surface area (Å²) >= 11 is 0. The first-order chi connectivity index (χ1) is 7.77. The Morgan fingerprint density at radius 2 is 2.25 bits per heavy atom. The van der Waals surface area contributed by atoms with E-state index in [1.807, 2.05) is 18.3 Å². The highest BCUT2D eigenvalue weighted by atomic mass is 16.5. The van der Waals surface area contributed by atoms with Crippen LogP contribution in [0.5, 0.6) is 0 Å². The number of hydrogen-bond acceptors (Lipinski definition) is 3. The average molecular weight is 221 g/mol. The predicted octanol–water partition coefficient (Wildman–Crippen LogP) is 1.94. The van der Waals surface area contributed by atoms with Gasteiger partial charge in [-0.2, -0.15) is 0 Å². The molecule has 1 saturated carbocycles. The van der Waals surface area contributed by atoms with Gasteiger partial charge in [0.05, 0.1) is 11.7 Å². The quantitative estimate of drug-likeness (QED) is 0.845. The molecule has 88 valence electrons. The Kier molecular flexibility index (Phi) is 3.56. The summed E-state index contributed by atoms with van der Waals surface area (Å²) in [4.78, 5) is 4.06. The second-order valence-electron chi connectivity index (χ2n) is 4.56. The summed E-state index contributed by atoms with van der Waals surface area (Å²) in [6, 6.07) is 3.89. The monoisotopic (exact) mass is 221 g/mol. The smallest absolute Gasteiger partial charge is 0.0939 e. The molecule has 0 radical (unpaired) electrons. The second-order valence-corrected chi connectivity index (χ2v) is 4.56. The molecule has 1 aliphatic carbocycles. The van der Waals surface area contributed by atoms with Gasteiger partial charge in [0.2, 0.25) is 0 Å². The fourth-order valence-corrected chi connectivity index (χ4v) is 2.57. The van der Waals surface area contributed by atoms with E-state index in [9.17, 15) is 5.11 Å². The van der Waals surface area contributed by atoms with Crippen molar-refractivity contribution in [2.24, 2.45) is 0 Å². The first-order valence-electron chi connectivity index (χ1n) is 5.89. The van der Waals surface area contributed by atoms with E-state index >= 15 is 0 Å². The van der Waals surface area contributed by atoms with Crippen LogP contribution in [0.2, 0.25) is 0 Å². The van der Waals surface area contributed by atoms with E-state index in [1.165, 1.54) is 0 Å². The van der Waals surface area contributed by atoms with Crippen molar-refractivity contribution in [2.75, 3.05) is 7.11 Å². The fraction of sp³-hybridized carbons (Fsp3) is 0.615. The highest BCUT2D eigenvalue weighted by Gasteiger charge is 2.40. The van der Waals surface area contributed by atoms with Crippen LogP contribution >= 0.6 is 0 Å². The molecule has 16 heavy (non-hydrogen) atoms. The van der Waals surface area contributed by atoms with E-state index in [0.29, 0.717) is 6.42 Å². The summed E-state index contributed by atoms with van der Waals surface area (Å²) in [7, 11) is 1.71. The Hall–Kier alpha value is -0.930. The maximum Gasteiger partial charge on any atom is 0.0939 e. The highest BCUT2D eigenvalue weighted by Crippen LogP contribution is 2.36. The van der Waals surface area contributed by atoms with Crippen molar-refractivity contribution in [3.05, 3.63) is 30.1 Å². The third kappa shape index (κ3) is 2.25. The Morgan fingerprint density at radius 3 is 2.81 bits per heavy atom. The molecule has 3 nitrogen and oxygen atoms in total. The minimum atomic E-state index is -0.427. The SMILES string of the molecule is COC1(C(O)Cc2cccnc2)CCCC1. The third-order valence-electron chi connectivity index (χ3n) is 3.62. The third-order valence-corrected chi connectivity index (χ3v) is 3.62. The van der Waals surface area contributed by atoms with Crippen LogP contribution in [-0.4, -0.2) is 28.9 Å². The molecule has 1 N–H and O–H groups in total. The van der Waals surface area contributed by atoms with E-state index in [0.717, 1.165) is 31.2 Å². The fourth-order valence-electron chi connectivity index (χ4n) is 2.57. The minimum Gasteiger partial charge on any atom is -0.390 e. The number of pyridine rings is 1. The number of ether oxygens (including phenoxy) is 1. The van der Waals surface area contributed by atoms with Gasteiger partial charge in [0.25, 0.3) is 0 Å². The van der Waals surface area contributed by atoms with Gasteiger partial charge < -0.3 is 9.84 Å². The summed E-state index contributed by atoms with van der Waals surface area (Å²) in [5.74, 6) is 0. The summed E-state index contributed by atoms with van der Waals surface area (Å²) in [5, 5.41) is 10.3. The van der Waals surface area contributed by atoms with Crippen LogP contribution in [0.4, 0.5) is 0 Å². The van der Waals surface area contributed by atoms with Crippen LogP contribution in [0.15, 0.2) is 24.5 Å². The zero-order valence-corrected chi connectivity index (χ0v) is 9.72. The van der Waals surface area contributed by atoms with Crippen LogP contribution in [0, 0.1) is 0 Å². The molecule has 0 saturated heterocycles. The van der Waals surface area contributed by atoms with Gasteiger partial charge >= 0.3 is 0 Å². The standard InChI is InChI=1S/C13H19NO2/c1-16-13(6-2-3-7-13)12(15)9-11-5-4-8-14-10-11/h4-5,8,10,12,15H,2-3,6-7,9H2,1H3. The molecular weight excluding hydrogens is 202 g/mol. The van der Waals surface area contributed by atoms with Crippen LogP contribution in [0.3, 0.4) is 0 Å². The Bertz CT molecular complexity index is 320. The van der Waals surface area contributed by atoms with Crippen molar-refractivity contribution < 1.29 is 9.84 Å². The lowest BCUT2D eigenvalue weighted by molar-refractivity contribution is -0.0971. The van der Waals surface area contributed by atoms with Crippen LogP contribution in [-0.2, 0) is 11.2 Å². The number of hydrogen-bond donors (Lipinski definition) is 1. The molecular formula is C13H19NO2. The number of methoxy groups -OCH3 is 1. The average Bonchev–Trinajstić information content (AvgIpc) is 2.80. The molecule has 3 heteroatoms. The zero-order valence-electron chi connectivity index (χ0n) is 9.72. The van der Waals surface area contributed by atoms with Crippen LogP contribution in [0.1, 0.15) is 31.2 Å². The van der Waals surface area contributed by atoms with Crippen molar-refractivity contribution in [3.63, 3.8) is 0 Å². The predicted molar refractivity (Wildman–Crippen MR) is 62.2 cm³/mol. The van der Waals surface area contributed by atoms with Gasteiger partial charge in [-0.25, -0.2) is 0 Å². The summed E-state index contributed by atoms with van der Waals surface area (Å²) in [6.07, 6.45) is 7.98. The first-order valence-corrected chi connectivity index (χ1v) is 5.89. The van der Waals surface area contributed by atoms with E-state index in [-0.39, 0.29) is 5.60 Å². The van der Waals surface area contributed by atoms with E-state index < -0.39 is 6.10 Å². The molecule has 0 bridgehead atoms. The van der Waals surface area contributed by atoms with Gasteiger partial charge in [-0.15, -0.1) is 0 Å². The zero-order chi connectivity index (χ0) is 11.4. The van der Waals surface area contributed by atoms with Crippen molar-refractivity contribution in [1.29, 1.82) is 0 Å². The molecule has 2 rings (SSSR count). The van der Waals surface area contributed by atoms with Crippen molar-refractivity contribution in [3.8, 4) is 0 Å². The summed E-state index contributed by atoms with van der Waals surface area (Å²) in [5.41, 5.74) is 0.744. The summed E-state index contributed by atoms with van der Waals surface area (Å²) < 4.78 is 5.56. The molecule has 1 atom stereocenters. The van der Waals surface area contributed by atoms with Gasteiger partial charge in [-0.3, -0.25) is 4.98 Å². The Morgan fingerprint density at radius 1 is 1.50 bits per heavy atom. The highest BCUT2D eigenvalue weighted by molar-refractivity contribution is 5.11. The van der Waals surface area contributed by atoms with Gasteiger partial charge in [0.1, 0.15) is 0 Å². The van der Waals surface area contributed by atoms with Gasteiger partial charge in [-0.1, -0.05) is 18.9 Å². The lowest BCUT2D eigenvalue weighted by Crippen LogP contribution is -2.42. The van der Waals surface area contributed by atoms with Gasteiger partial charge in [0, 0.05) is 25.9 Å². The molecule has 1 fully saturated rings. The maximum atomic E-state index is 10.3. The molecule has 1 aromatic rings. The van der Waals surface area contributed by atoms with E-state index in [2.05, 4.69) is 4.98 Å².